The van der Waals surface area contributed by atoms with Gasteiger partial charge in [0.05, 0.1) is 22.6 Å². The maximum Gasteiger partial charge on any atom is 0.319 e. The van der Waals surface area contributed by atoms with Gasteiger partial charge < -0.3 is 15.0 Å². The lowest BCUT2D eigenvalue weighted by atomic mass is 9.58. The molecule has 10 nitrogen and oxygen atoms in total. The first-order valence-corrected chi connectivity index (χ1v) is 18.2. The summed E-state index contributed by atoms with van der Waals surface area (Å²) in [4.78, 5) is 32.1. The molecule has 4 atom stereocenters. The molecule has 256 valence electrons. The van der Waals surface area contributed by atoms with Crippen molar-refractivity contribution in [2.75, 3.05) is 44.2 Å². The van der Waals surface area contributed by atoms with Gasteiger partial charge in [0.15, 0.2) is 5.82 Å². The maximum absolute atomic E-state index is 17.3. The molecule has 3 saturated heterocycles. The molecule has 49 heavy (non-hydrogen) atoms. The van der Waals surface area contributed by atoms with E-state index in [1.54, 1.807) is 12.4 Å². The van der Waals surface area contributed by atoms with Crippen molar-refractivity contribution in [3.63, 3.8) is 0 Å². The van der Waals surface area contributed by atoms with E-state index in [0.717, 1.165) is 75.4 Å². The number of ether oxygens (including phenoxy) is 1. The van der Waals surface area contributed by atoms with Gasteiger partial charge in [-0.05, 0) is 86.8 Å². The van der Waals surface area contributed by atoms with Crippen molar-refractivity contribution in [1.29, 1.82) is 0 Å². The molecule has 7 bridgehead atoms. The third kappa shape index (κ3) is 4.76. The monoisotopic (exact) mass is 688 g/mol. The predicted molar refractivity (Wildman–Crippen MR) is 181 cm³/mol. The minimum atomic E-state index is -0.890. The fourth-order valence-corrected chi connectivity index (χ4v) is 10.5. The Morgan fingerprint density at radius 3 is 2.88 bits per heavy atom. The summed E-state index contributed by atoms with van der Waals surface area (Å²) in [6.07, 6.45) is 10.1. The summed E-state index contributed by atoms with van der Waals surface area (Å²) < 4.78 is 38.3. The Kier molecular flexibility index (Phi) is 6.74. The molecule has 13 heteroatoms. The Balaban J connectivity index is 1.14. The number of aromatic nitrogens is 5. The Bertz CT molecular complexity index is 2020. The number of aromatic amines is 1. The highest BCUT2D eigenvalue weighted by Gasteiger charge is 2.51. The predicted octanol–water partition coefficient (Wildman–Crippen LogP) is 5.94. The summed E-state index contributed by atoms with van der Waals surface area (Å²) >= 11 is 6.98. The molecule has 2 N–H and O–H groups in total. The molecule has 1 aromatic carbocycles. The molecule has 9 heterocycles. The maximum atomic E-state index is 17.3. The molecule has 8 aliphatic rings. The van der Waals surface area contributed by atoms with Crippen LogP contribution in [0, 0.1) is 23.1 Å². The molecule has 5 fully saturated rings. The van der Waals surface area contributed by atoms with Crippen LogP contribution in [0.2, 0.25) is 5.02 Å². The summed E-state index contributed by atoms with van der Waals surface area (Å²) in [7, 11) is 0. The highest BCUT2D eigenvalue weighted by atomic mass is 35.5. The second kappa shape index (κ2) is 10.9. The summed E-state index contributed by atoms with van der Waals surface area (Å²) in [5.41, 5.74) is 2.09. The van der Waals surface area contributed by atoms with Crippen LogP contribution in [-0.2, 0) is 4.79 Å². The number of halogens is 3. The SMILES string of the molecule is O=C1NCC[C@@H]2C[C@@H]2c2c(Cl)cc3[nH]ncc3c2-c2ncc3c(nc(OC[C@@]45CCCN4C[C@H](F)C5)nc3c2F)N2CCCC3(CC1C3)C2. The van der Waals surface area contributed by atoms with Crippen LogP contribution in [0.4, 0.5) is 14.6 Å². The molecular weight excluding hydrogens is 650 g/mol. The van der Waals surface area contributed by atoms with Crippen molar-refractivity contribution in [1.82, 2.24) is 35.4 Å². The average molecular weight is 689 g/mol. The Hall–Kier alpha value is -3.64. The van der Waals surface area contributed by atoms with Gasteiger partial charge in [-0.15, -0.1) is 0 Å². The lowest BCUT2D eigenvalue weighted by Gasteiger charge is -2.52. The number of hydrogen-bond donors (Lipinski definition) is 2. The van der Waals surface area contributed by atoms with E-state index in [4.69, 9.17) is 31.3 Å². The second-order valence-corrected chi connectivity index (χ2v) is 16.1. The molecule has 0 unspecified atom stereocenters. The van der Waals surface area contributed by atoms with Crippen LogP contribution in [0.3, 0.4) is 0 Å². The third-order valence-electron chi connectivity index (χ3n) is 12.6. The zero-order valence-electron chi connectivity index (χ0n) is 27.3. The average Bonchev–Trinajstić information content (AvgIpc) is 3.33. The van der Waals surface area contributed by atoms with E-state index in [1.165, 1.54) is 0 Å². The van der Waals surface area contributed by atoms with Crippen LogP contribution < -0.4 is 15.0 Å². The number of hydrogen-bond acceptors (Lipinski definition) is 8. The summed E-state index contributed by atoms with van der Waals surface area (Å²) in [6.45, 7) is 3.57. The molecule has 1 spiro atoms. The first-order chi connectivity index (χ1) is 23.8. The quantitative estimate of drug-likeness (QED) is 0.272. The molecule has 4 aromatic rings. The van der Waals surface area contributed by atoms with Crippen molar-refractivity contribution >= 4 is 45.1 Å². The molecule has 3 aromatic heterocycles. The van der Waals surface area contributed by atoms with Gasteiger partial charge in [0, 0.05) is 60.7 Å². The van der Waals surface area contributed by atoms with E-state index in [1.807, 2.05) is 6.07 Å². The minimum absolute atomic E-state index is 0.000409. The van der Waals surface area contributed by atoms with Gasteiger partial charge in [-0.25, -0.2) is 8.78 Å². The number of piperidine rings is 1. The highest BCUT2D eigenvalue weighted by Crippen LogP contribution is 2.56. The molecule has 1 amide bonds. The van der Waals surface area contributed by atoms with Crippen LogP contribution in [0.15, 0.2) is 18.5 Å². The van der Waals surface area contributed by atoms with E-state index in [0.29, 0.717) is 59.3 Å². The van der Waals surface area contributed by atoms with Crippen molar-refractivity contribution in [2.45, 2.75) is 75.4 Å². The zero-order chi connectivity index (χ0) is 33.1. The second-order valence-electron chi connectivity index (χ2n) is 15.7. The van der Waals surface area contributed by atoms with Crippen molar-refractivity contribution in [3.8, 4) is 17.3 Å². The normalized spacial score (nSPS) is 32.4. The van der Waals surface area contributed by atoms with Gasteiger partial charge in [0.25, 0.3) is 0 Å². The third-order valence-corrected chi connectivity index (χ3v) is 13.0. The molecule has 12 rings (SSSR count). The smallest absolute Gasteiger partial charge is 0.319 e. The molecule has 2 aliphatic carbocycles. The summed E-state index contributed by atoms with van der Waals surface area (Å²) in [5, 5.41) is 12.3. The van der Waals surface area contributed by atoms with E-state index in [-0.39, 0.29) is 47.0 Å². The van der Waals surface area contributed by atoms with Gasteiger partial charge in [-0.2, -0.15) is 15.1 Å². The minimum Gasteiger partial charge on any atom is -0.461 e. The Morgan fingerprint density at radius 2 is 1.98 bits per heavy atom. The highest BCUT2D eigenvalue weighted by molar-refractivity contribution is 6.33. The fourth-order valence-electron chi connectivity index (χ4n) is 10.2. The Morgan fingerprint density at radius 1 is 1.10 bits per heavy atom. The number of carbonyl (C=O) groups excluding carboxylic acids is 1. The molecule has 2 saturated carbocycles. The summed E-state index contributed by atoms with van der Waals surface area (Å²) in [5.74, 6) is 0.591. The number of fused-ring (bicyclic) bond motifs is 2. The van der Waals surface area contributed by atoms with Crippen LogP contribution in [0.1, 0.15) is 69.3 Å². The Labute approximate surface area is 287 Å². The van der Waals surface area contributed by atoms with Gasteiger partial charge in [-0.1, -0.05) is 11.6 Å². The number of carbonyl (C=O) groups is 1. The van der Waals surface area contributed by atoms with Gasteiger partial charge in [-0.3, -0.25) is 19.8 Å². The van der Waals surface area contributed by atoms with Crippen molar-refractivity contribution in [2.24, 2.45) is 17.3 Å². The number of rotatable bonds is 3. The number of nitrogens with one attached hydrogen (secondary N) is 2. The topological polar surface area (TPSA) is 112 Å². The molecular formula is C36H39ClF2N8O2. The standard InChI is InChI=1S/C36H39ClF2N8O2/c37-25-10-26-23(15-42-45-26)28-27(25)22-9-19(22)3-6-40-33(48)20-11-35(12-20)4-1-7-46(17-35)32-24-14-41-31(28)29(39)30(24)43-34(44-32)49-18-36-5-2-8-47(36)16-21(38)13-36/h10,14-15,19-22H,1-9,11-13,16-18H2,(H,40,48)(H,42,45)/t19-,20?,21-,22+,35?,36+/m1/s1. The van der Waals surface area contributed by atoms with Gasteiger partial charge >= 0.3 is 6.01 Å². The number of nitrogens with zero attached hydrogens (tertiary/aromatic N) is 6. The first-order valence-electron chi connectivity index (χ1n) is 17.9. The van der Waals surface area contributed by atoms with Gasteiger partial charge in [0.1, 0.15) is 29.8 Å². The van der Waals surface area contributed by atoms with Crippen LogP contribution in [0.5, 0.6) is 6.01 Å². The van der Waals surface area contributed by atoms with E-state index in [2.05, 4.69) is 25.3 Å². The first kappa shape index (κ1) is 30.2. The summed E-state index contributed by atoms with van der Waals surface area (Å²) in [6, 6.07) is 1.94. The largest absolute Gasteiger partial charge is 0.461 e. The number of benzene rings is 1. The number of pyridine rings is 1. The van der Waals surface area contributed by atoms with E-state index >= 15 is 4.39 Å². The van der Waals surface area contributed by atoms with Crippen molar-refractivity contribution < 1.29 is 18.3 Å². The fraction of sp³-hybridized carbons (Fsp3) is 0.583. The molecule has 6 aliphatic heterocycles. The van der Waals surface area contributed by atoms with Crippen LogP contribution >= 0.6 is 11.6 Å². The van der Waals surface area contributed by atoms with E-state index < -0.39 is 17.5 Å². The number of alkyl halides is 1. The van der Waals surface area contributed by atoms with Gasteiger partial charge in [0.2, 0.25) is 5.91 Å². The van der Waals surface area contributed by atoms with Crippen LogP contribution in [0.25, 0.3) is 33.1 Å². The number of amides is 1. The van der Waals surface area contributed by atoms with Crippen LogP contribution in [-0.4, -0.2) is 87.0 Å². The lowest BCUT2D eigenvalue weighted by Crippen LogP contribution is -2.54. The lowest BCUT2D eigenvalue weighted by molar-refractivity contribution is -0.133. The number of anilines is 1. The van der Waals surface area contributed by atoms with E-state index in [9.17, 15) is 9.18 Å². The zero-order valence-corrected chi connectivity index (χ0v) is 28.0. The number of H-pyrrole nitrogens is 1. The van der Waals surface area contributed by atoms with Crippen molar-refractivity contribution in [3.05, 3.63) is 34.9 Å². The molecule has 0 radical (unpaired) electrons.